The van der Waals surface area contributed by atoms with E-state index in [0.29, 0.717) is 8.95 Å². The first kappa shape index (κ1) is 16.7. The number of aryl methyl sites for hydroxylation is 2. The molecule has 0 atom stereocenters. The Balaban J connectivity index is 1.97. The number of carbonyl (C=O) groups excluding carboxylic acids is 1. The standard InChI is InChI=1S/C14H14Br2N4O2/c1-8-3-9(2)20(19-8)7-13(21)18-17-6-10-4-11(15)14(22)12(16)5-10/h3-6,22H,7H2,1-2H3,(H,18,21)/b17-6-. The third-order valence-corrected chi connectivity index (χ3v) is 4.05. The molecular weight excluding hydrogens is 416 g/mol. The van der Waals surface area contributed by atoms with E-state index in [2.05, 4.69) is 47.5 Å². The minimum absolute atomic E-state index is 0.111. The number of nitrogens with one attached hydrogen (secondary N) is 1. The molecule has 22 heavy (non-hydrogen) atoms. The van der Waals surface area contributed by atoms with Gasteiger partial charge in [0, 0.05) is 5.69 Å². The van der Waals surface area contributed by atoms with Gasteiger partial charge in [-0.3, -0.25) is 9.48 Å². The summed E-state index contributed by atoms with van der Waals surface area (Å²) in [7, 11) is 0. The van der Waals surface area contributed by atoms with Crippen molar-refractivity contribution in [2.75, 3.05) is 0 Å². The summed E-state index contributed by atoms with van der Waals surface area (Å²) in [5.74, 6) is -0.148. The number of aromatic nitrogens is 2. The molecule has 0 unspecified atom stereocenters. The zero-order chi connectivity index (χ0) is 16.3. The minimum atomic E-state index is -0.264. The molecule has 6 nitrogen and oxygen atoms in total. The first-order chi connectivity index (χ1) is 10.4. The van der Waals surface area contributed by atoms with Crippen LogP contribution in [0.5, 0.6) is 5.75 Å². The summed E-state index contributed by atoms with van der Waals surface area (Å²) < 4.78 is 2.70. The van der Waals surface area contributed by atoms with Gasteiger partial charge in [-0.25, -0.2) is 5.43 Å². The molecule has 0 fully saturated rings. The SMILES string of the molecule is Cc1cc(C)n(CC(=O)N/N=C\c2cc(Br)c(O)c(Br)c2)n1. The van der Waals surface area contributed by atoms with Crippen molar-refractivity contribution < 1.29 is 9.90 Å². The Morgan fingerprint density at radius 2 is 2.00 bits per heavy atom. The van der Waals surface area contributed by atoms with Crippen molar-refractivity contribution in [3.63, 3.8) is 0 Å². The van der Waals surface area contributed by atoms with Gasteiger partial charge in [-0.15, -0.1) is 0 Å². The van der Waals surface area contributed by atoms with Gasteiger partial charge in [-0.1, -0.05) is 0 Å². The number of hydrogen-bond donors (Lipinski definition) is 2. The summed E-state index contributed by atoms with van der Waals surface area (Å²) >= 11 is 6.46. The van der Waals surface area contributed by atoms with Crippen molar-refractivity contribution in [2.45, 2.75) is 20.4 Å². The lowest BCUT2D eigenvalue weighted by molar-refractivity contribution is -0.121. The topological polar surface area (TPSA) is 79.5 Å². The van der Waals surface area contributed by atoms with Gasteiger partial charge in [0.05, 0.1) is 20.9 Å². The second kappa shape index (κ2) is 7.06. The van der Waals surface area contributed by atoms with Crippen LogP contribution in [0.1, 0.15) is 17.0 Å². The first-order valence-corrected chi connectivity index (χ1v) is 7.96. The summed E-state index contributed by atoms with van der Waals surface area (Å²) in [6, 6.07) is 5.29. The van der Waals surface area contributed by atoms with Crippen molar-refractivity contribution in [1.29, 1.82) is 0 Å². The molecule has 8 heteroatoms. The van der Waals surface area contributed by atoms with Gasteiger partial charge < -0.3 is 5.11 Å². The van der Waals surface area contributed by atoms with Gasteiger partial charge >= 0.3 is 0 Å². The van der Waals surface area contributed by atoms with Crippen LogP contribution < -0.4 is 5.43 Å². The zero-order valence-electron chi connectivity index (χ0n) is 12.0. The van der Waals surface area contributed by atoms with Gasteiger partial charge in [0.25, 0.3) is 5.91 Å². The lowest BCUT2D eigenvalue weighted by atomic mass is 10.2. The minimum Gasteiger partial charge on any atom is -0.506 e. The average Bonchev–Trinajstić information content (AvgIpc) is 2.74. The van der Waals surface area contributed by atoms with Gasteiger partial charge in [-0.2, -0.15) is 10.2 Å². The van der Waals surface area contributed by atoms with E-state index in [-0.39, 0.29) is 18.2 Å². The number of rotatable bonds is 4. The first-order valence-electron chi connectivity index (χ1n) is 6.38. The lowest BCUT2D eigenvalue weighted by Gasteiger charge is -2.03. The highest BCUT2D eigenvalue weighted by molar-refractivity contribution is 9.11. The maximum Gasteiger partial charge on any atom is 0.261 e. The molecule has 0 aliphatic rings. The number of amides is 1. The molecule has 1 aromatic carbocycles. The maximum atomic E-state index is 11.8. The molecule has 0 aliphatic heterocycles. The molecule has 0 saturated carbocycles. The van der Waals surface area contributed by atoms with Gasteiger partial charge in [0.1, 0.15) is 12.3 Å². The maximum absolute atomic E-state index is 11.8. The number of phenols is 1. The highest BCUT2D eigenvalue weighted by Crippen LogP contribution is 2.32. The Hall–Kier alpha value is -1.67. The highest BCUT2D eigenvalue weighted by Gasteiger charge is 2.07. The fourth-order valence-electron chi connectivity index (χ4n) is 1.84. The molecule has 1 aromatic heterocycles. The van der Waals surface area contributed by atoms with Crippen LogP contribution >= 0.6 is 31.9 Å². The summed E-state index contributed by atoms with van der Waals surface area (Å²) in [5, 5.41) is 17.7. The number of carbonyl (C=O) groups is 1. The fraction of sp³-hybridized carbons (Fsp3) is 0.214. The number of phenolic OH excluding ortho intramolecular Hbond substituents is 1. The van der Waals surface area contributed by atoms with Crippen molar-refractivity contribution in [1.82, 2.24) is 15.2 Å². The molecule has 0 aliphatic carbocycles. The Morgan fingerprint density at radius 1 is 1.36 bits per heavy atom. The predicted molar refractivity (Wildman–Crippen MR) is 90.9 cm³/mol. The number of nitrogens with zero attached hydrogens (tertiary/aromatic N) is 3. The van der Waals surface area contributed by atoms with E-state index in [1.165, 1.54) is 6.21 Å². The number of aromatic hydroxyl groups is 1. The molecular formula is C14H14Br2N4O2. The van der Waals surface area contributed by atoms with Crippen LogP contribution in [-0.4, -0.2) is 27.0 Å². The second-order valence-corrected chi connectivity index (χ2v) is 6.42. The number of benzene rings is 1. The molecule has 0 radical (unpaired) electrons. The largest absolute Gasteiger partial charge is 0.506 e. The fourth-order valence-corrected chi connectivity index (χ4v) is 3.07. The third-order valence-electron chi connectivity index (χ3n) is 2.84. The van der Waals surface area contributed by atoms with Crippen LogP contribution in [0.2, 0.25) is 0 Å². The lowest BCUT2D eigenvalue weighted by Crippen LogP contribution is -2.24. The van der Waals surface area contributed by atoms with Crippen LogP contribution in [0.3, 0.4) is 0 Å². The second-order valence-electron chi connectivity index (χ2n) is 4.71. The monoisotopic (exact) mass is 428 g/mol. The molecule has 0 saturated heterocycles. The summed E-state index contributed by atoms with van der Waals surface area (Å²) in [4.78, 5) is 11.8. The van der Waals surface area contributed by atoms with E-state index in [1.807, 2.05) is 19.9 Å². The quantitative estimate of drug-likeness (QED) is 0.579. The van der Waals surface area contributed by atoms with Crippen molar-refractivity contribution in [3.05, 3.63) is 44.1 Å². The molecule has 1 amide bonds. The Bertz CT molecular complexity index is 717. The normalized spacial score (nSPS) is 11.1. The van der Waals surface area contributed by atoms with Crippen LogP contribution in [-0.2, 0) is 11.3 Å². The van der Waals surface area contributed by atoms with Gasteiger partial charge in [-0.05, 0) is 69.5 Å². The molecule has 2 rings (SSSR count). The van der Waals surface area contributed by atoms with E-state index in [0.717, 1.165) is 17.0 Å². The van der Waals surface area contributed by atoms with Crippen LogP contribution in [0.4, 0.5) is 0 Å². The average molecular weight is 430 g/mol. The Kier molecular flexibility index (Phi) is 5.36. The predicted octanol–water partition coefficient (Wildman–Crippen LogP) is 2.88. The van der Waals surface area contributed by atoms with E-state index in [4.69, 9.17) is 0 Å². The van der Waals surface area contributed by atoms with Gasteiger partial charge in [0.2, 0.25) is 0 Å². The third kappa shape index (κ3) is 4.17. The molecule has 0 spiro atoms. The van der Waals surface area contributed by atoms with Crippen molar-refractivity contribution in [3.8, 4) is 5.75 Å². The number of halogens is 2. The smallest absolute Gasteiger partial charge is 0.261 e. The molecule has 2 N–H and O–H groups in total. The van der Waals surface area contributed by atoms with Crippen molar-refractivity contribution in [2.24, 2.45) is 5.10 Å². The summed E-state index contributed by atoms with van der Waals surface area (Å²) in [6.07, 6.45) is 1.49. The highest BCUT2D eigenvalue weighted by atomic mass is 79.9. The van der Waals surface area contributed by atoms with Crippen LogP contribution in [0, 0.1) is 13.8 Å². The van der Waals surface area contributed by atoms with Gasteiger partial charge in [0.15, 0.2) is 0 Å². The van der Waals surface area contributed by atoms with Crippen molar-refractivity contribution >= 4 is 44.0 Å². The Labute approximate surface area is 144 Å². The van der Waals surface area contributed by atoms with E-state index < -0.39 is 0 Å². The van der Waals surface area contributed by atoms with E-state index in [1.54, 1.807) is 16.8 Å². The molecule has 116 valence electrons. The molecule has 2 aromatic rings. The summed E-state index contributed by atoms with van der Waals surface area (Å²) in [5.41, 5.74) is 4.96. The molecule has 0 bridgehead atoms. The Morgan fingerprint density at radius 3 is 2.55 bits per heavy atom. The molecule has 1 heterocycles. The van der Waals surface area contributed by atoms with E-state index in [9.17, 15) is 9.90 Å². The number of hydrogen-bond acceptors (Lipinski definition) is 4. The van der Waals surface area contributed by atoms with Crippen LogP contribution in [0.25, 0.3) is 0 Å². The van der Waals surface area contributed by atoms with Crippen LogP contribution in [0.15, 0.2) is 32.2 Å². The summed E-state index contributed by atoms with van der Waals surface area (Å²) in [6.45, 7) is 3.88. The van der Waals surface area contributed by atoms with E-state index >= 15 is 0 Å². The number of hydrazone groups is 1. The zero-order valence-corrected chi connectivity index (χ0v) is 15.1.